The lowest BCUT2D eigenvalue weighted by molar-refractivity contribution is -0.154. The maximum atomic E-state index is 13.3. The van der Waals surface area contributed by atoms with E-state index in [1.165, 1.54) is 42.5 Å². The number of carbonyl (C=O) groups is 4. The Morgan fingerprint density at radius 3 is 2.20 bits per heavy atom. The van der Waals surface area contributed by atoms with Crippen molar-refractivity contribution in [2.24, 2.45) is 0 Å². The predicted molar refractivity (Wildman–Crippen MR) is 191 cm³/mol. The van der Waals surface area contributed by atoms with E-state index in [2.05, 4.69) is 41.5 Å². The summed E-state index contributed by atoms with van der Waals surface area (Å²) in [5.74, 6) is -3.97. The second kappa shape index (κ2) is 17.9. The third-order valence-corrected chi connectivity index (χ3v) is 8.44. The van der Waals surface area contributed by atoms with Crippen LogP contribution in [0.1, 0.15) is 40.7 Å². The minimum atomic E-state index is -4.64. The SMILES string of the molecule is COC(=O)[C@H](CCNC(=O)C(=O)NCCc1cccc(F)c1)NC(=O)c1ccc(Nc2nc(NC3(c4ccc(Cl)cc4)CC3)nc(OCC(F)(F)F)n2)cc1. The molecule has 3 aromatic carbocycles. The fourth-order valence-corrected chi connectivity index (χ4v) is 5.37. The lowest BCUT2D eigenvalue weighted by atomic mass is 10.1. The van der Waals surface area contributed by atoms with Crippen LogP contribution >= 0.6 is 11.6 Å². The molecule has 3 amide bonds. The van der Waals surface area contributed by atoms with Crippen molar-refractivity contribution in [1.82, 2.24) is 30.9 Å². The highest BCUT2D eigenvalue weighted by Gasteiger charge is 2.45. The van der Waals surface area contributed by atoms with Crippen LogP contribution in [-0.2, 0) is 31.1 Å². The van der Waals surface area contributed by atoms with Crippen molar-refractivity contribution in [3.8, 4) is 6.01 Å². The Morgan fingerprint density at radius 2 is 1.56 bits per heavy atom. The quantitative estimate of drug-likeness (QED) is 0.0608. The number of hydrogen-bond acceptors (Lipinski definition) is 11. The van der Waals surface area contributed by atoms with Gasteiger partial charge in [0.05, 0.1) is 12.6 Å². The van der Waals surface area contributed by atoms with Gasteiger partial charge in [-0.05, 0) is 85.3 Å². The van der Waals surface area contributed by atoms with Gasteiger partial charge in [-0.1, -0.05) is 35.9 Å². The van der Waals surface area contributed by atoms with Crippen LogP contribution in [-0.4, -0.2) is 77.7 Å². The Morgan fingerprint density at radius 1 is 0.891 bits per heavy atom. The highest BCUT2D eigenvalue weighted by atomic mass is 35.5. The Kier molecular flexibility index (Phi) is 13.0. The fraction of sp³-hybridized carbons (Fsp3) is 0.306. The van der Waals surface area contributed by atoms with Crippen molar-refractivity contribution >= 4 is 52.9 Å². The maximum Gasteiger partial charge on any atom is 0.422 e. The number of amides is 3. The lowest BCUT2D eigenvalue weighted by Crippen LogP contribution is -2.45. The molecule has 19 heteroatoms. The number of esters is 1. The second-order valence-electron chi connectivity index (χ2n) is 12.3. The Balaban J connectivity index is 1.17. The first kappa shape index (κ1) is 40.2. The standard InChI is InChI=1S/C36H35ClF4N8O6/c1-54-31(53)27(14-18-43-30(52)29(51)42-17-13-21-3-2-4-25(38)19-21)45-28(50)22-5-11-26(12-6-22)44-32-46-33(48-34(47-32)55-20-36(39,40)41)49-35(15-16-35)23-7-9-24(37)10-8-23/h2-12,19,27H,13-18,20H2,1H3,(H,42,51)(H,43,52)(H,45,50)(H2,44,46,47,48,49)/t27-/m0/s1. The fourth-order valence-electron chi connectivity index (χ4n) is 5.24. The number of rotatable bonds is 16. The molecule has 5 N–H and O–H groups in total. The van der Waals surface area contributed by atoms with Crippen molar-refractivity contribution in [3.05, 3.63) is 100 Å². The molecule has 1 heterocycles. The van der Waals surface area contributed by atoms with Gasteiger partial charge in [-0.3, -0.25) is 14.4 Å². The average Bonchev–Trinajstić information content (AvgIpc) is 3.93. The summed E-state index contributed by atoms with van der Waals surface area (Å²) >= 11 is 6.02. The van der Waals surface area contributed by atoms with E-state index >= 15 is 0 Å². The molecule has 0 saturated heterocycles. The third kappa shape index (κ3) is 12.0. The highest BCUT2D eigenvalue weighted by Crippen LogP contribution is 2.48. The molecular formula is C36H35ClF4N8O6. The van der Waals surface area contributed by atoms with Crippen LogP contribution in [0, 0.1) is 5.82 Å². The van der Waals surface area contributed by atoms with Gasteiger partial charge < -0.3 is 36.1 Å². The Hall–Kier alpha value is -6.04. The number of aromatic nitrogens is 3. The second-order valence-corrected chi connectivity index (χ2v) is 12.8. The smallest absolute Gasteiger partial charge is 0.422 e. The highest BCUT2D eigenvalue weighted by molar-refractivity contribution is 6.35. The molecule has 5 rings (SSSR count). The summed E-state index contributed by atoms with van der Waals surface area (Å²) in [7, 11) is 1.12. The summed E-state index contributed by atoms with van der Waals surface area (Å²) in [5.41, 5.74) is 1.42. The van der Waals surface area contributed by atoms with Crippen LogP contribution in [0.3, 0.4) is 0 Å². The van der Waals surface area contributed by atoms with Crippen molar-refractivity contribution < 1.29 is 46.2 Å². The summed E-state index contributed by atoms with van der Waals surface area (Å²) in [6.45, 7) is -1.71. The van der Waals surface area contributed by atoms with E-state index in [0.29, 0.717) is 35.5 Å². The molecule has 290 valence electrons. The Bertz CT molecular complexity index is 2000. The van der Waals surface area contributed by atoms with E-state index in [0.717, 1.165) is 12.7 Å². The summed E-state index contributed by atoms with van der Waals surface area (Å²) < 4.78 is 61.8. The molecule has 0 aliphatic heterocycles. The van der Waals surface area contributed by atoms with Gasteiger partial charge >= 0.3 is 30.0 Å². The molecule has 1 fully saturated rings. The summed E-state index contributed by atoms with van der Waals surface area (Å²) in [4.78, 5) is 62.2. The number of halogens is 5. The van der Waals surface area contributed by atoms with Crippen molar-refractivity contribution in [1.29, 1.82) is 0 Å². The van der Waals surface area contributed by atoms with Crippen LogP contribution in [0.2, 0.25) is 5.02 Å². The van der Waals surface area contributed by atoms with Crippen LogP contribution in [0.4, 0.5) is 35.1 Å². The molecule has 0 spiro atoms. The van der Waals surface area contributed by atoms with Crippen molar-refractivity contribution in [2.45, 2.75) is 43.4 Å². The first-order chi connectivity index (χ1) is 26.2. The number of nitrogens with zero attached hydrogens (tertiary/aromatic N) is 3. The number of alkyl halides is 3. The van der Waals surface area contributed by atoms with E-state index in [-0.39, 0.29) is 37.0 Å². The largest absolute Gasteiger partial charge is 0.467 e. The van der Waals surface area contributed by atoms with E-state index in [1.807, 2.05) is 12.1 Å². The molecule has 0 bridgehead atoms. The first-order valence-corrected chi connectivity index (χ1v) is 17.2. The van der Waals surface area contributed by atoms with E-state index < -0.39 is 59.9 Å². The number of anilines is 3. The molecular weight excluding hydrogens is 752 g/mol. The molecule has 1 aromatic heterocycles. The molecule has 14 nitrogen and oxygen atoms in total. The maximum absolute atomic E-state index is 13.3. The summed E-state index contributed by atoms with van der Waals surface area (Å²) in [6, 6.07) is 16.9. The number of hydrogen-bond donors (Lipinski definition) is 5. The monoisotopic (exact) mass is 786 g/mol. The zero-order valence-corrected chi connectivity index (χ0v) is 29.9. The number of ether oxygens (including phenoxy) is 2. The molecule has 55 heavy (non-hydrogen) atoms. The minimum absolute atomic E-state index is 0.0373. The molecule has 0 unspecified atom stereocenters. The van der Waals surface area contributed by atoms with Gasteiger partial charge in [0.15, 0.2) is 6.61 Å². The number of nitrogens with one attached hydrogen (secondary N) is 5. The van der Waals surface area contributed by atoms with Gasteiger partial charge in [0.1, 0.15) is 11.9 Å². The normalized spacial score (nSPS) is 13.5. The molecule has 1 aliphatic carbocycles. The number of benzene rings is 3. The van der Waals surface area contributed by atoms with Crippen LogP contribution in [0.15, 0.2) is 72.8 Å². The summed E-state index contributed by atoms with van der Waals surface area (Å²) in [6.07, 6.45) is -3.05. The van der Waals surface area contributed by atoms with Crippen LogP contribution in [0.25, 0.3) is 0 Å². The third-order valence-electron chi connectivity index (χ3n) is 8.19. The number of carbonyl (C=O) groups excluding carboxylic acids is 4. The van der Waals surface area contributed by atoms with Crippen molar-refractivity contribution in [2.75, 3.05) is 37.4 Å². The van der Waals surface area contributed by atoms with Crippen LogP contribution < -0.4 is 31.3 Å². The predicted octanol–water partition coefficient (Wildman–Crippen LogP) is 4.59. The minimum Gasteiger partial charge on any atom is -0.467 e. The molecule has 1 saturated carbocycles. The molecule has 1 atom stereocenters. The molecule has 0 radical (unpaired) electrons. The molecule has 1 aliphatic rings. The van der Waals surface area contributed by atoms with E-state index in [9.17, 15) is 36.7 Å². The average molecular weight is 787 g/mol. The lowest BCUT2D eigenvalue weighted by Gasteiger charge is -2.19. The van der Waals surface area contributed by atoms with Gasteiger partial charge in [0.25, 0.3) is 5.91 Å². The van der Waals surface area contributed by atoms with Crippen LogP contribution in [0.5, 0.6) is 6.01 Å². The molecule has 4 aromatic rings. The van der Waals surface area contributed by atoms with Gasteiger partial charge in [-0.25, -0.2) is 9.18 Å². The zero-order valence-electron chi connectivity index (χ0n) is 29.1. The van der Waals surface area contributed by atoms with Gasteiger partial charge in [-0.15, -0.1) is 0 Å². The topological polar surface area (TPSA) is 186 Å². The number of methoxy groups -OCH3 is 1. The van der Waals surface area contributed by atoms with E-state index in [4.69, 9.17) is 21.1 Å². The van der Waals surface area contributed by atoms with Crippen molar-refractivity contribution in [3.63, 3.8) is 0 Å². The summed E-state index contributed by atoms with van der Waals surface area (Å²) in [5, 5.41) is 13.9. The van der Waals surface area contributed by atoms with Gasteiger partial charge in [0.2, 0.25) is 11.9 Å². The van der Waals surface area contributed by atoms with E-state index in [1.54, 1.807) is 18.2 Å². The zero-order chi connectivity index (χ0) is 39.6. The first-order valence-electron chi connectivity index (χ1n) is 16.8. The van der Waals surface area contributed by atoms with Gasteiger partial charge in [-0.2, -0.15) is 28.1 Å². The Labute approximate surface area is 316 Å². The van der Waals surface area contributed by atoms with Gasteiger partial charge in [0, 0.05) is 29.4 Å².